The fourth-order valence-electron chi connectivity index (χ4n) is 3.80. The highest BCUT2D eigenvalue weighted by molar-refractivity contribution is 5.48. The van der Waals surface area contributed by atoms with Crippen LogP contribution in [0.25, 0.3) is 0 Å². The molecule has 8 nitrogen and oxygen atoms in total. The van der Waals surface area contributed by atoms with E-state index >= 15 is 0 Å². The van der Waals surface area contributed by atoms with Crippen molar-refractivity contribution in [1.82, 2.24) is 19.5 Å². The lowest BCUT2D eigenvalue weighted by atomic mass is 10.0. The molecule has 0 amide bonds. The van der Waals surface area contributed by atoms with E-state index in [9.17, 15) is 9.59 Å². The summed E-state index contributed by atoms with van der Waals surface area (Å²) in [4.78, 5) is 39.3. The second-order valence-corrected chi connectivity index (χ2v) is 6.72. The summed E-state index contributed by atoms with van der Waals surface area (Å²) in [5.74, 6) is 2.65. The first-order valence-corrected chi connectivity index (χ1v) is 8.10. The van der Waals surface area contributed by atoms with Crippen molar-refractivity contribution < 1.29 is 0 Å². The number of anilines is 2. The number of hydrogen-bond donors (Lipinski definition) is 1. The van der Waals surface area contributed by atoms with Gasteiger partial charge in [-0.05, 0) is 6.92 Å². The molecule has 2 aromatic rings. The SMILES string of the molecule is Cc1cncnc1N1CC2CN(c3cc(=O)n(C)c(=O)[nH]3)CC2C1. The van der Waals surface area contributed by atoms with Crippen LogP contribution in [0.1, 0.15) is 5.56 Å². The van der Waals surface area contributed by atoms with E-state index in [2.05, 4.69) is 24.8 Å². The Kier molecular flexibility index (Phi) is 3.40. The largest absolute Gasteiger partial charge is 0.357 e. The molecule has 0 spiro atoms. The van der Waals surface area contributed by atoms with Gasteiger partial charge < -0.3 is 9.80 Å². The van der Waals surface area contributed by atoms with Crippen LogP contribution in [-0.4, -0.2) is 45.7 Å². The lowest BCUT2D eigenvalue weighted by Gasteiger charge is -2.24. The average molecular weight is 328 g/mol. The van der Waals surface area contributed by atoms with E-state index in [1.165, 1.54) is 13.1 Å². The van der Waals surface area contributed by atoms with Gasteiger partial charge in [-0.2, -0.15) is 0 Å². The lowest BCUT2D eigenvalue weighted by molar-refractivity contribution is 0.533. The number of rotatable bonds is 2. The molecule has 0 radical (unpaired) electrons. The standard InChI is InChI=1S/C16H20N6O2/c1-10-4-17-9-18-15(10)22-7-11-5-21(6-12(11)8-22)13-3-14(23)20(2)16(24)19-13/h3-4,9,11-12H,5-8H2,1-2H3,(H,19,24). The third-order valence-electron chi connectivity index (χ3n) is 5.12. The lowest BCUT2D eigenvalue weighted by Crippen LogP contribution is -2.36. The Bertz CT molecular complexity index is 843. The zero-order chi connectivity index (χ0) is 16.8. The van der Waals surface area contributed by atoms with Crippen LogP contribution in [0, 0.1) is 18.8 Å². The van der Waals surface area contributed by atoms with Crippen LogP contribution in [0.2, 0.25) is 0 Å². The Hall–Kier alpha value is -2.64. The minimum absolute atomic E-state index is 0.274. The highest BCUT2D eigenvalue weighted by atomic mass is 16.2. The number of H-pyrrole nitrogens is 1. The second-order valence-electron chi connectivity index (χ2n) is 6.72. The molecule has 2 aromatic heterocycles. The molecule has 0 aromatic carbocycles. The van der Waals surface area contributed by atoms with Crippen LogP contribution < -0.4 is 21.0 Å². The van der Waals surface area contributed by atoms with E-state index in [1.54, 1.807) is 6.33 Å². The van der Waals surface area contributed by atoms with Crippen LogP contribution in [-0.2, 0) is 7.05 Å². The first kappa shape index (κ1) is 14.9. The number of aromatic nitrogens is 4. The number of aryl methyl sites for hydroxylation is 1. The maximum absolute atomic E-state index is 11.8. The smallest absolute Gasteiger partial charge is 0.329 e. The molecule has 2 atom stereocenters. The molecule has 4 rings (SSSR count). The predicted octanol–water partition coefficient (Wildman–Crippen LogP) is -0.255. The van der Waals surface area contributed by atoms with E-state index < -0.39 is 0 Å². The first-order valence-electron chi connectivity index (χ1n) is 8.10. The van der Waals surface area contributed by atoms with Crippen molar-refractivity contribution in [2.75, 3.05) is 36.0 Å². The van der Waals surface area contributed by atoms with Crippen molar-refractivity contribution in [1.29, 1.82) is 0 Å². The van der Waals surface area contributed by atoms with Crippen LogP contribution in [0.4, 0.5) is 11.6 Å². The Balaban J connectivity index is 1.52. The van der Waals surface area contributed by atoms with Gasteiger partial charge in [0.2, 0.25) is 0 Å². The van der Waals surface area contributed by atoms with Gasteiger partial charge in [0.1, 0.15) is 18.0 Å². The molecule has 0 aliphatic carbocycles. The molecule has 2 fully saturated rings. The van der Waals surface area contributed by atoms with Crippen molar-refractivity contribution in [3.63, 3.8) is 0 Å². The summed E-state index contributed by atoms with van der Waals surface area (Å²) in [6.07, 6.45) is 3.43. The Labute approximate surface area is 138 Å². The van der Waals surface area contributed by atoms with E-state index in [0.717, 1.165) is 42.1 Å². The van der Waals surface area contributed by atoms with E-state index in [4.69, 9.17) is 0 Å². The van der Waals surface area contributed by atoms with Crippen LogP contribution in [0.5, 0.6) is 0 Å². The highest BCUT2D eigenvalue weighted by Crippen LogP contribution is 2.35. The third kappa shape index (κ3) is 2.38. The van der Waals surface area contributed by atoms with Crippen molar-refractivity contribution in [3.8, 4) is 0 Å². The van der Waals surface area contributed by atoms with E-state index in [0.29, 0.717) is 17.7 Å². The van der Waals surface area contributed by atoms with Crippen molar-refractivity contribution in [2.24, 2.45) is 18.9 Å². The molecule has 2 aliphatic rings. The van der Waals surface area contributed by atoms with Gasteiger partial charge in [0, 0.05) is 62.9 Å². The summed E-state index contributed by atoms with van der Waals surface area (Å²) < 4.78 is 1.08. The molecule has 24 heavy (non-hydrogen) atoms. The molecule has 1 N–H and O–H groups in total. The minimum Gasteiger partial charge on any atom is -0.357 e. The molecule has 2 aliphatic heterocycles. The average Bonchev–Trinajstić information content (AvgIpc) is 3.11. The molecule has 2 unspecified atom stereocenters. The maximum atomic E-state index is 11.8. The van der Waals surface area contributed by atoms with Crippen molar-refractivity contribution >= 4 is 11.6 Å². The molecule has 2 saturated heterocycles. The van der Waals surface area contributed by atoms with E-state index in [1.807, 2.05) is 13.1 Å². The molecule has 0 saturated carbocycles. The fourth-order valence-corrected chi connectivity index (χ4v) is 3.80. The Morgan fingerprint density at radius 1 is 1.12 bits per heavy atom. The van der Waals surface area contributed by atoms with E-state index in [-0.39, 0.29) is 11.2 Å². The molecular formula is C16H20N6O2. The minimum atomic E-state index is -0.368. The quantitative estimate of drug-likeness (QED) is 0.818. The van der Waals surface area contributed by atoms with Gasteiger partial charge in [-0.1, -0.05) is 0 Å². The van der Waals surface area contributed by atoms with Crippen molar-refractivity contribution in [2.45, 2.75) is 6.92 Å². The monoisotopic (exact) mass is 328 g/mol. The Morgan fingerprint density at radius 3 is 2.42 bits per heavy atom. The van der Waals surface area contributed by atoms with Gasteiger partial charge in [-0.15, -0.1) is 0 Å². The van der Waals surface area contributed by atoms with Crippen LogP contribution in [0.15, 0.2) is 28.2 Å². The van der Waals surface area contributed by atoms with Gasteiger partial charge in [0.05, 0.1) is 0 Å². The normalized spacial score (nSPS) is 22.9. The topological polar surface area (TPSA) is 87.1 Å². The first-order chi connectivity index (χ1) is 11.5. The summed E-state index contributed by atoms with van der Waals surface area (Å²) in [5.41, 5.74) is 0.446. The maximum Gasteiger partial charge on any atom is 0.329 e. The number of nitrogens with zero attached hydrogens (tertiary/aromatic N) is 5. The highest BCUT2D eigenvalue weighted by Gasteiger charge is 2.41. The van der Waals surface area contributed by atoms with Gasteiger partial charge in [0.15, 0.2) is 0 Å². The number of aromatic amines is 1. The van der Waals surface area contributed by atoms with Crippen LogP contribution in [0.3, 0.4) is 0 Å². The third-order valence-corrected chi connectivity index (χ3v) is 5.12. The number of nitrogens with one attached hydrogen (secondary N) is 1. The number of fused-ring (bicyclic) bond motifs is 1. The number of hydrogen-bond acceptors (Lipinski definition) is 6. The van der Waals surface area contributed by atoms with Gasteiger partial charge in [-0.25, -0.2) is 14.8 Å². The molecule has 0 bridgehead atoms. The molecular weight excluding hydrogens is 308 g/mol. The summed E-state index contributed by atoms with van der Waals surface area (Å²) >= 11 is 0. The van der Waals surface area contributed by atoms with Gasteiger partial charge >= 0.3 is 5.69 Å². The van der Waals surface area contributed by atoms with Crippen LogP contribution >= 0.6 is 0 Å². The zero-order valence-electron chi connectivity index (χ0n) is 13.8. The molecule has 8 heteroatoms. The molecule has 4 heterocycles. The zero-order valence-corrected chi connectivity index (χ0v) is 13.8. The summed E-state index contributed by atoms with van der Waals surface area (Å²) in [7, 11) is 1.48. The second kappa shape index (κ2) is 5.47. The van der Waals surface area contributed by atoms with Gasteiger partial charge in [-0.3, -0.25) is 14.3 Å². The molecule has 126 valence electrons. The van der Waals surface area contributed by atoms with Crippen molar-refractivity contribution in [3.05, 3.63) is 45.0 Å². The van der Waals surface area contributed by atoms with Gasteiger partial charge in [0.25, 0.3) is 5.56 Å². The summed E-state index contributed by atoms with van der Waals surface area (Å²) in [5, 5.41) is 0. The predicted molar refractivity (Wildman–Crippen MR) is 90.5 cm³/mol. The fraction of sp³-hybridized carbons (Fsp3) is 0.500. The Morgan fingerprint density at radius 2 is 1.79 bits per heavy atom. The summed E-state index contributed by atoms with van der Waals surface area (Å²) in [6.45, 7) is 5.59. The summed E-state index contributed by atoms with van der Waals surface area (Å²) in [6, 6.07) is 1.51.